The number of fused-ring (bicyclic) bond motifs is 1. The lowest BCUT2D eigenvalue weighted by Crippen LogP contribution is -2.50. The van der Waals surface area contributed by atoms with Gasteiger partial charge in [0.2, 0.25) is 10.0 Å². The number of nitrogens with two attached hydrogens (primary N) is 1. The van der Waals surface area contributed by atoms with Crippen LogP contribution in [0.25, 0.3) is 22.0 Å². The van der Waals surface area contributed by atoms with Gasteiger partial charge < -0.3 is 9.64 Å². The van der Waals surface area contributed by atoms with E-state index < -0.39 is 21.4 Å². The van der Waals surface area contributed by atoms with Crippen molar-refractivity contribution in [2.24, 2.45) is 5.14 Å². The summed E-state index contributed by atoms with van der Waals surface area (Å²) in [5.41, 5.74) is 6.41. The number of nitrogens with zero attached hydrogens (tertiary/aromatic N) is 2. The fourth-order valence-electron chi connectivity index (χ4n) is 4.78. The standard InChI is InChI=1S/C26H31N3O4S/c1-16-7-5-8-17(2)25(16)23-13-18(3)28-24-14-20(10-11-22(23)24)33-19(4)26(30)29-12-6-9-21(15-29)34(27,31)32/h5,7-8,10-11,13-14,19,21H,6,9,12,15H2,1-4H3,(H2,27,31,32)/t19?,21-/m1/s1. The quantitative estimate of drug-likeness (QED) is 0.596. The minimum absolute atomic E-state index is 0.100. The Morgan fingerprint density at radius 3 is 2.53 bits per heavy atom. The average molecular weight is 482 g/mol. The molecule has 1 fully saturated rings. The van der Waals surface area contributed by atoms with Crippen LogP contribution in [0.1, 0.15) is 36.6 Å². The number of aryl methyl sites for hydroxylation is 3. The third kappa shape index (κ3) is 4.93. The predicted molar refractivity (Wildman–Crippen MR) is 134 cm³/mol. The molecule has 2 heterocycles. The molecule has 1 saturated heterocycles. The van der Waals surface area contributed by atoms with Gasteiger partial charge >= 0.3 is 0 Å². The van der Waals surface area contributed by atoms with E-state index in [1.807, 2.05) is 25.1 Å². The largest absolute Gasteiger partial charge is 0.481 e. The van der Waals surface area contributed by atoms with E-state index in [1.165, 1.54) is 21.6 Å². The third-order valence-electron chi connectivity index (χ3n) is 6.47. The molecule has 4 rings (SSSR count). The summed E-state index contributed by atoms with van der Waals surface area (Å²) in [6, 6.07) is 14.1. The highest BCUT2D eigenvalue weighted by atomic mass is 32.2. The van der Waals surface area contributed by atoms with Gasteiger partial charge in [0, 0.05) is 30.2 Å². The van der Waals surface area contributed by atoms with Crippen molar-refractivity contribution in [3.8, 4) is 16.9 Å². The van der Waals surface area contributed by atoms with E-state index >= 15 is 0 Å². The lowest BCUT2D eigenvalue weighted by molar-refractivity contribution is -0.138. The Bertz CT molecular complexity index is 1330. The first-order chi connectivity index (χ1) is 16.0. The van der Waals surface area contributed by atoms with Crippen LogP contribution in [0.2, 0.25) is 0 Å². The molecule has 2 atom stereocenters. The van der Waals surface area contributed by atoms with E-state index in [2.05, 4.69) is 38.1 Å². The number of aromatic nitrogens is 1. The number of sulfonamides is 1. The molecular formula is C26H31N3O4S. The molecule has 0 saturated carbocycles. The Labute approximate surface area is 201 Å². The number of carbonyl (C=O) groups is 1. The monoisotopic (exact) mass is 481 g/mol. The van der Waals surface area contributed by atoms with E-state index in [0.29, 0.717) is 25.1 Å². The van der Waals surface area contributed by atoms with Gasteiger partial charge in [-0.15, -0.1) is 0 Å². The van der Waals surface area contributed by atoms with Gasteiger partial charge in [-0.3, -0.25) is 9.78 Å². The molecule has 1 aromatic heterocycles. The Morgan fingerprint density at radius 2 is 1.85 bits per heavy atom. The second-order valence-corrected chi connectivity index (χ2v) is 11.0. The zero-order valence-electron chi connectivity index (χ0n) is 20.0. The molecule has 34 heavy (non-hydrogen) atoms. The molecule has 8 heteroatoms. The number of amides is 1. The van der Waals surface area contributed by atoms with Crippen LogP contribution in [0.15, 0.2) is 42.5 Å². The van der Waals surface area contributed by atoms with Gasteiger partial charge in [0.25, 0.3) is 5.91 Å². The number of hydrogen-bond acceptors (Lipinski definition) is 5. The summed E-state index contributed by atoms with van der Waals surface area (Å²) in [6.45, 7) is 8.46. The normalized spacial score (nSPS) is 17.6. The van der Waals surface area contributed by atoms with Crippen LogP contribution in [-0.4, -0.2) is 48.7 Å². The number of benzene rings is 2. The van der Waals surface area contributed by atoms with Crippen LogP contribution in [0, 0.1) is 20.8 Å². The van der Waals surface area contributed by atoms with Gasteiger partial charge in [0.05, 0.1) is 10.8 Å². The minimum Gasteiger partial charge on any atom is -0.481 e. The topological polar surface area (TPSA) is 103 Å². The van der Waals surface area contributed by atoms with Crippen molar-refractivity contribution >= 4 is 26.8 Å². The molecule has 1 amide bonds. The van der Waals surface area contributed by atoms with Crippen molar-refractivity contribution in [1.29, 1.82) is 0 Å². The molecule has 3 aromatic rings. The molecule has 0 radical (unpaired) electrons. The Hall–Kier alpha value is -2.97. The van der Waals surface area contributed by atoms with Crippen LogP contribution in [0.4, 0.5) is 0 Å². The van der Waals surface area contributed by atoms with Crippen LogP contribution >= 0.6 is 0 Å². The number of carbonyl (C=O) groups excluding carboxylic acids is 1. The highest BCUT2D eigenvalue weighted by Crippen LogP contribution is 2.34. The maximum atomic E-state index is 13.0. The van der Waals surface area contributed by atoms with Crippen molar-refractivity contribution in [1.82, 2.24) is 9.88 Å². The number of likely N-dealkylation sites (tertiary alicyclic amines) is 1. The van der Waals surface area contributed by atoms with E-state index in [4.69, 9.17) is 14.9 Å². The number of hydrogen-bond donors (Lipinski definition) is 1. The molecule has 0 aliphatic carbocycles. The highest BCUT2D eigenvalue weighted by Gasteiger charge is 2.32. The van der Waals surface area contributed by atoms with Crippen LogP contribution < -0.4 is 9.88 Å². The molecule has 7 nitrogen and oxygen atoms in total. The van der Waals surface area contributed by atoms with Crippen molar-refractivity contribution in [2.75, 3.05) is 13.1 Å². The van der Waals surface area contributed by atoms with Crippen LogP contribution in [-0.2, 0) is 14.8 Å². The first kappa shape index (κ1) is 24.2. The Kier molecular flexibility index (Phi) is 6.64. The number of primary sulfonamides is 1. The molecule has 1 aliphatic heterocycles. The predicted octanol–water partition coefficient (Wildman–Crippen LogP) is 3.87. The van der Waals surface area contributed by atoms with Gasteiger partial charge in [-0.2, -0.15) is 0 Å². The van der Waals surface area contributed by atoms with Crippen molar-refractivity contribution in [3.05, 3.63) is 59.3 Å². The first-order valence-corrected chi connectivity index (χ1v) is 13.1. The maximum absolute atomic E-state index is 13.0. The highest BCUT2D eigenvalue weighted by molar-refractivity contribution is 7.89. The van der Waals surface area contributed by atoms with Crippen LogP contribution in [0.3, 0.4) is 0 Å². The summed E-state index contributed by atoms with van der Waals surface area (Å²) in [5.74, 6) is 0.292. The van der Waals surface area contributed by atoms with Gasteiger partial charge in [0.15, 0.2) is 6.10 Å². The van der Waals surface area contributed by atoms with E-state index in [9.17, 15) is 13.2 Å². The summed E-state index contributed by atoms with van der Waals surface area (Å²) in [5, 5.41) is 5.59. The van der Waals surface area contributed by atoms with Crippen molar-refractivity contribution < 1.29 is 17.9 Å². The lowest BCUT2D eigenvalue weighted by Gasteiger charge is -2.33. The minimum atomic E-state index is -3.68. The fraction of sp³-hybridized carbons (Fsp3) is 0.385. The molecular weight excluding hydrogens is 450 g/mol. The summed E-state index contributed by atoms with van der Waals surface area (Å²) in [4.78, 5) is 19.2. The first-order valence-electron chi connectivity index (χ1n) is 11.5. The van der Waals surface area contributed by atoms with Gasteiger partial charge in [-0.25, -0.2) is 13.6 Å². The Balaban J connectivity index is 1.59. The fourth-order valence-corrected chi connectivity index (χ4v) is 5.66. The number of rotatable bonds is 5. The smallest absolute Gasteiger partial charge is 0.263 e. The van der Waals surface area contributed by atoms with Crippen molar-refractivity contribution in [3.63, 3.8) is 0 Å². The number of ether oxygens (including phenoxy) is 1. The molecule has 0 spiro atoms. The van der Waals surface area contributed by atoms with Crippen molar-refractivity contribution in [2.45, 2.75) is 51.9 Å². The Morgan fingerprint density at radius 1 is 1.15 bits per heavy atom. The molecule has 2 N–H and O–H groups in total. The number of pyridine rings is 1. The average Bonchev–Trinajstić information content (AvgIpc) is 2.77. The van der Waals surface area contributed by atoms with E-state index in [1.54, 1.807) is 6.92 Å². The second kappa shape index (κ2) is 9.35. The molecule has 2 aromatic carbocycles. The van der Waals surface area contributed by atoms with E-state index in [-0.39, 0.29) is 12.5 Å². The third-order valence-corrected chi connectivity index (χ3v) is 7.79. The lowest BCUT2D eigenvalue weighted by atomic mass is 9.93. The summed E-state index contributed by atoms with van der Waals surface area (Å²) >= 11 is 0. The van der Waals surface area contributed by atoms with Gasteiger partial charge in [-0.1, -0.05) is 18.2 Å². The second-order valence-electron chi connectivity index (χ2n) is 9.15. The molecule has 1 unspecified atom stereocenters. The van der Waals surface area contributed by atoms with Gasteiger partial charge in [0.1, 0.15) is 5.75 Å². The zero-order chi connectivity index (χ0) is 24.6. The molecule has 1 aliphatic rings. The maximum Gasteiger partial charge on any atom is 0.263 e. The van der Waals surface area contributed by atoms with Crippen LogP contribution in [0.5, 0.6) is 5.75 Å². The summed E-state index contributed by atoms with van der Waals surface area (Å²) < 4.78 is 29.5. The zero-order valence-corrected chi connectivity index (χ0v) is 20.9. The number of piperidine rings is 1. The van der Waals surface area contributed by atoms with E-state index in [0.717, 1.165) is 22.2 Å². The SMILES string of the molecule is Cc1cc(-c2c(C)cccc2C)c2ccc(OC(C)C(=O)N3CCC[C@@H](S(N)(=O)=O)C3)cc2n1. The summed E-state index contributed by atoms with van der Waals surface area (Å²) in [7, 11) is -3.68. The molecule has 180 valence electrons. The molecule has 0 bridgehead atoms. The summed E-state index contributed by atoms with van der Waals surface area (Å²) in [6.07, 6.45) is 0.301. The van der Waals surface area contributed by atoms with Gasteiger partial charge in [-0.05, 0) is 81.0 Å².